The summed E-state index contributed by atoms with van der Waals surface area (Å²) in [6.45, 7) is 6.66. The molecule has 0 aliphatic heterocycles. The van der Waals surface area contributed by atoms with E-state index in [1.165, 1.54) is 0 Å². The molecule has 28 heavy (non-hydrogen) atoms. The number of benzene rings is 2. The van der Waals surface area contributed by atoms with Crippen molar-refractivity contribution in [1.29, 1.82) is 0 Å². The van der Waals surface area contributed by atoms with Gasteiger partial charge >= 0.3 is 0 Å². The zero-order valence-corrected chi connectivity index (χ0v) is 17.1. The Bertz CT molecular complexity index is 977. The first kappa shape index (κ1) is 22.0. The summed E-state index contributed by atoms with van der Waals surface area (Å²) < 4.78 is 54.1. The Morgan fingerprint density at radius 1 is 1.18 bits per heavy atom. The van der Waals surface area contributed by atoms with Crippen molar-refractivity contribution < 1.29 is 22.0 Å². The molecule has 0 radical (unpaired) electrons. The van der Waals surface area contributed by atoms with Crippen molar-refractivity contribution in [2.45, 2.75) is 45.1 Å². The Labute approximate surface area is 164 Å². The molecular weight excluding hydrogens is 386 g/mol. The maximum atomic E-state index is 14.1. The molecule has 0 saturated heterocycles. The van der Waals surface area contributed by atoms with E-state index in [0.29, 0.717) is 18.2 Å². The third kappa shape index (κ3) is 4.74. The predicted octanol–water partition coefficient (Wildman–Crippen LogP) is 4.01. The second-order valence-electron chi connectivity index (χ2n) is 6.68. The van der Waals surface area contributed by atoms with E-state index in [9.17, 15) is 22.0 Å². The van der Waals surface area contributed by atoms with Crippen LogP contribution in [0, 0.1) is 25.5 Å². The van der Waals surface area contributed by atoms with Gasteiger partial charge in [0.25, 0.3) is 0 Å². The number of rotatable bonds is 7. The van der Waals surface area contributed by atoms with Crippen LogP contribution < -0.4 is 5.32 Å². The summed E-state index contributed by atoms with van der Waals surface area (Å²) in [7, 11) is -4.33. The number of sulfonamides is 1. The van der Waals surface area contributed by atoms with Crippen LogP contribution in [0.1, 0.15) is 31.4 Å². The number of nitrogens with zero attached hydrogens (tertiary/aromatic N) is 1. The molecule has 2 rings (SSSR count). The first-order chi connectivity index (χ1) is 13.1. The molecule has 152 valence electrons. The molecule has 0 bridgehead atoms. The van der Waals surface area contributed by atoms with Crippen molar-refractivity contribution >= 4 is 21.6 Å². The van der Waals surface area contributed by atoms with Crippen LogP contribution in [0.2, 0.25) is 0 Å². The molecule has 0 aliphatic carbocycles. The van der Waals surface area contributed by atoms with Crippen LogP contribution in [-0.2, 0) is 14.8 Å². The largest absolute Gasteiger partial charge is 0.325 e. The van der Waals surface area contributed by atoms with Crippen molar-refractivity contribution in [2.75, 3.05) is 11.9 Å². The molecule has 0 heterocycles. The summed E-state index contributed by atoms with van der Waals surface area (Å²) in [5, 5.41) is 2.71. The highest BCUT2D eigenvalue weighted by Gasteiger charge is 2.32. The van der Waals surface area contributed by atoms with Gasteiger partial charge in [-0.3, -0.25) is 4.79 Å². The molecule has 1 atom stereocenters. The third-order valence-electron chi connectivity index (χ3n) is 4.74. The number of nitrogens with one attached hydrogen (secondary N) is 1. The minimum Gasteiger partial charge on any atom is -0.325 e. The van der Waals surface area contributed by atoms with Gasteiger partial charge in [-0.15, -0.1) is 0 Å². The van der Waals surface area contributed by atoms with Crippen LogP contribution in [0.25, 0.3) is 0 Å². The summed E-state index contributed by atoms with van der Waals surface area (Å²) in [5.41, 5.74) is 2.44. The van der Waals surface area contributed by atoms with E-state index in [0.717, 1.165) is 27.6 Å². The predicted molar refractivity (Wildman–Crippen MR) is 105 cm³/mol. The van der Waals surface area contributed by atoms with Gasteiger partial charge in [0.05, 0.1) is 6.54 Å². The number of carbonyl (C=O) groups is 1. The number of hydrogen-bond donors (Lipinski definition) is 1. The monoisotopic (exact) mass is 410 g/mol. The lowest BCUT2D eigenvalue weighted by molar-refractivity contribution is -0.116. The van der Waals surface area contributed by atoms with Crippen molar-refractivity contribution in [2.24, 2.45) is 0 Å². The van der Waals surface area contributed by atoms with Crippen molar-refractivity contribution in [3.63, 3.8) is 0 Å². The van der Waals surface area contributed by atoms with E-state index >= 15 is 0 Å². The Morgan fingerprint density at radius 2 is 1.86 bits per heavy atom. The van der Waals surface area contributed by atoms with Gasteiger partial charge in [0, 0.05) is 17.8 Å². The summed E-state index contributed by atoms with van der Waals surface area (Å²) in [6.07, 6.45) is 0.415. The second-order valence-corrected chi connectivity index (χ2v) is 8.54. The normalized spacial score (nSPS) is 12.8. The van der Waals surface area contributed by atoms with Crippen molar-refractivity contribution in [3.05, 3.63) is 59.2 Å². The Balaban J connectivity index is 2.33. The molecule has 2 aromatic rings. The van der Waals surface area contributed by atoms with Gasteiger partial charge in [0.1, 0.15) is 16.5 Å². The summed E-state index contributed by atoms with van der Waals surface area (Å²) in [6, 6.07) is 7.12. The molecule has 1 amide bonds. The lowest BCUT2D eigenvalue weighted by atomic mass is 10.1. The Morgan fingerprint density at radius 3 is 2.46 bits per heavy atom. The van der Waals surface area contributed by atoms with Gasteiger partial charge < -0.3 is 5.32 Å². The van der Waals surface area contributed by atoms with Crippen LogP contribution >= 0.6 is 0 Å². The van der Waals surface area contributed by atoms with Gasteiger partial charge in [0.2, 0.25) is 15.9 Å². The van der Waals surface area contributed by atoms with Crippen LogP contribution in [0.4, 0.5) is 14.5 Å². The highest BCUT2D eigenvalue weighted by atomic mass is 32.2. The highest BCUT2D eigenvalue weighted by Crippen LogP contribution is 2.24. The molecule has 2 aromatic carbocycles. The van der Waals surface area contributed by atoms with E-state index in [2.05, 4.69) is 5.32 Å². The lowest BCUT2D eigenvalue weighted by Gasteiger charge is -2.27. The fraction of sp³-hybridized carbons (Fsp3) is 0.350. The number of anilines is 1. The van der Waals surface area contributed by atoms with Gasteiger partial charge in [-0.25, -0.2) is 17.2 Å². The van der Waals surface area contributed by atoms with Gasteiger partial charge in [-0.05, 0) is 56.5 Å². The van der Waals surface area contributed by atoms with E-state index in [1.807, 2.05) is 19.9 Å². The maximum absolute atomic E-state index is 14.1. The highest BCUT2D eigenvalue weighted by molar-refractivity contribution is 7.89. The maximum Gasteiger partial charge on any atom is 0.246 e. The number of aryl methyl sites for hydroxylation is 1. The molecule has 0 aromatic heterocycles. The average molecular weight is 410 g/mol. The fourth-order valence-electron chi connectivity index (χ4n) is 2.71. The molecule has 1 N–H and O–H groups in total. The van der Waals surface area contributed by atoms with Crippen molar-refractivity contribution in [3.8, 4) is 0 Å². The SMILES string of the molecule is CCC(C)N(CC(=O)Nc1cccc(C)c1C)S(=O)(=O)c1ccc(F)cc1F. The van der Waals surface area contributed by atoms with E-state index in [-0.39, 0.29) is 0 Å². The number of hydrogen-bond acceptors (Lipinski definition) is 3. The van der Waals surface area contributed by atoms with Gasteiger partial charge in [0.15, 0.2) is 0 Å². The molecule has 5 nitrogen and oxygen atoms in total. The van der Waals surface area contributed by atoms with Crippen molar-refractivity contribution in [1.82, 2.24) is 4.31 Å². The van der Waals surface area contributed by atoms with Gasteiger partial charge in [-0.2, -0.15) is 4.31 Å². The zero-order valence-electron chi connectivity index (χ0n) is 16.3. The van der Waals surface area contributed by atoms with Crippen LogP contribution in [0.5, 0.6) is 0 Å². The third-order valence-corrected chi connectivity index (χ3v) is 6.73. The molecule has 0 aliphatic rings. The second kappa shape index (κ2) is 8.79. The summed E-state index contributed by atoms with van der Waals surface area (Å²) >= 11 is 0. The number of halogens is 2. The minimum absolute atomic E-state index is 0.415. The smallest absolute Gasteiger partial charge is 0.246 e. The average Bonchev–Trinajstić information content (AvgIpc) is 2.62. The first-order valence-electron chi connectivity index (χ1n) is 8.90. The van der Waals surface area contributed by atoms with E-state index in [4.69, 9.17) is 0 Å². The van der Waals surface area contributed by atoms with E-state index in [1.54, 1.807) is 26.0 Å². The van der Waals surface area contributed by atoms with Crippen LogP contribution in [-0.4, -0.2) is 31.2 Å². The zero-order chi connectivity index (χ0) is 21.1. The summed E-state index contributed by atoms with van der Waals surface area (Å²) in [5.74, 6) is -2.61. The standard InChI is InChI=1S/C20H24F2N2O3S/c1-5-14(3)24(28(26,27)19-10-9-16(21)11-17(19)22)12-20(25)23-18-8-6-7-13(2)15(18)4/h6-11,14H,5,12H2,1-4H3,(H,23,25). The van der Waals surface area contributed by atoms with Gasteiger partial charge in [-0.1, -0.05) is 19.1 Å². The Kier molecular flexibility index (Phi) is 6.90. The Hall–Kier alpha value is -2.32. The number of carbonyl (C=O) groups excluding carboxylic acids is 1. The molecule has 1 unspecified atom stereocenters. The van der Waals surface area contributed by atoms with E-state index < -0.39 is 45.0 Å². The molecule has 0 fully saturated rings. The van der Waals surface area contributed by atoms with Crippen LogP contribution in [0.15, 0.2) is 41.3 Å². The first-order valence-corrected chi connectivity index (χ1v) is 10.3. The number of amides is 1. The fourth-order valence-corrected chi connectivity index (χ4v) is 4.42. The molecule has 8 heteroatoms. The van der Waals surface area contributed by atoms with Crippen LogP contribution in [0.3, 0.4) is 0 Å². The topological polar surface area (TPSA) is 66.5 Å². The quantitative estimate of drug-likeness (QED) is 0.750. The lowest BCUT2D eigenvalue weighted by Crippen LogP contribution is -2.43. The molecule has 0 saturated carbocycles. The summed E-state index contributed by atoms with van der Waals surface area (Å²) in [4.78, 5) is 11.9. The molecule has 0 spiro atoms. The molecular formula is C20H24F2N2O3S. The minimum atomic E-state index is -4.33.